The van der Waals surface area contributed by atoms with Gasteiger partial charge in [0.1, 0.15) is 5.75 Å². The minimum absolute atomic E-state index is 0.0601. The molecular formula is C18H12F6N2O3. The first kappa shape index (κ1) is 20.5. The van der Waals surface area contributed by atoms with E-state index in [-0.39, 0.29) is 24.3 Å². The Labute approximate surface area is 159 Å². The summed E-state index contributed by atoms with van der Waals surface area (Å²) in [5, 5.41) is 2.23. The Hall–Kier alpha value is -3.24. The van der Waals surface area contributed by atoms with Gasteiger partial charge in [0.2, 0.25) is 0 Å². The highest BCUT2D eigenvalue weighted by Gasteiger charge is 2.37. The van der Waals surface area contributed by atoms with Gasteiger partial charge >= 0.3 is 12.4 Å². The SMILES string of the molecule is CN1C(=O)COc2ccc(NC(=O)c3cc(C(F)(F)F)cc(C(F)(F)F)c3)cc21. The zero-order valence-corrected chi connectivity index (χ0v) is 14.6. The van der Waals surface area contributed by atoms with E-state index in [9.17, 15) is 35.9 Å². The Kier molecular flexibility index (Phi) is 4.93. The first-order valence-corrected chi connectivity index (χ1v) is 8.00. The van der Waals surface area contributed by atoms with Gasteiger partial charge in [-0.1, -0.05) is 0 Å². The number of hydrogen-bond acceptors (Lipinski definition) is 3. The maximum absolute atomic E-state index is 12.9. The number of carbonyl (C=O) groups is 2. The van der Waals surface area contributed by atoms with Crippen LogP contribution >= 0.6 is 0 Å². The summed E-state index contributed by atoms with van der Waals surface area (Å²) in [5.41, 5.74) is -3.65. The summed E-state index contributed by atoms with van der Waals surface area (Å²) in [6, 6.07) is 4.69. The lowest BCUT2D eigenvalue weighted by Gasteiger charge is -2.26. The molecule has 5 nitrogen and oxygen atoms in total. The molecule has 154 valence electrons. The summed E-state index contributed by atoms with van der Waals surface area (Å²) < 4.78 is 82.9. The molecule has 29 heavy (non-hydrogen) atoms. The second-order valence-corrected chi connectivity index (χ2v) is 6.17. The van der Waals surface area contributed by atoms with Crippen LogP contribution in [0.2, 0.25) is 0 Å². The number of alkyl halides is 6. The molecule has 0 spiro atoms. The molecule has 1 heterocycles. The number of benzene rings is 2. The van der Waals surface area contributed by atoms with Gasteiger partial charge < -0.3 is 15.0 Å². The Morgan fingerprint density at radius 2 is 1.59 bits per heavy atom. The van der Waals surface area contributed by atoms with Gasteiger partial charge in [-0.3, -0.25) is 9.59 Å². The molecule has 0 saturated heterocycles. The fourth-order valence-electron chi connectivity index (χ4n) is 2.64. The van der Waals surface area contributed by atoms with Crippen LogP contribution in [0.15, 0.2) is 36.4 Å². The van der Waals surface area contributed by atoms with Gasteiger partial charge in [0.05, 0.1) is 16.8 Å². The molecule has 11 heteroatoms. The fourth-order valence-corrected chi connectivity index (χ4v) is 2.64. The number of amides is 2. The molecule has 3 rings (SSSR count). The van der Waals surface area contributed by atoms with Gasteiger partial charge in [0.15, 0.2) is 6.61 Å². The van der Waals surface area contributed by atoms with Gasteiger partial charge in [0, 0.05) is 18.3 Å². The first-order valence-electron chi connectivity index (χ1n) is 8.00. The normalized spacial score (nSPS) is 14.3. The lowest BCUT2D eigenvalue weighted by Crippen LogP contribution is -2.35. The fraction of sp³-hybridized carbons (Fsp3) is 0.222. The third-order valence-corrected chi connectivity index (χ3v) is 4.15. The Bertz CT molecular complexity index is 952. The number of nitrogens with zero attached hydrogens (tertiary/aromatic N) is 1. The predicted molar refractivity (Wildman–Crippen MR) is 89.7 cm³/mol. The number of nitrogens with one attached hydrogen (secondary N) is 1. The van der Waals surface area contributed by atoms with Gasteiger partial charge in [-0.05, 0) is 36.4 Å². The van der Waals surface area contributed by atoms with E-state index in [2.05, 4.69) is 5.32 Å². The lowest BCUT2D eigenvalue weighted by atomic mass is 10.0. The zero-order valence-electron chi connectivity index (χ0n) is 14.6. The van der Waals surface area contributed by atoms with Gasteiger partial charge in [0.25, 0.3) is 11.8 Å². The van der Waals surface area contributed by atoms with Crippen LogP contribution in [0.1, 0.15) is 21.5 Å². The van der Waals surface area contributed by atoms with Crippen LogP contribution in [0, 0.1) is 0 Å². The van der Waals surface area contributed by atoms with E-state index < -0.39 is 35.0 Å². The van der Waals surface area contributed by atoms with Gasteiger partial charge in [-0.2, -0.15) is 26.3 Å². The maximum atomic E-state index is 12.9. The smallest absolute Gasteiger partial charge is 0.416 e. The third kappa shape index (κ3) is 4.28. The zero-order chi connectivity index (χ0) is 21.6. The number of likely N-dealkylation sites (N-methyl/N-ethyl adjacent to an activating group) is 1. The van der Waals surface area contributed by atoms with E-state index in [1.807, 2.05) is 0 Å². The van der Waals surface area contributed by atoms with E-state index in [1.165, 1.54) is 30.1 Å². The van der Waals surface area contributed by atoms with Crippen LogP contribution in [0.3, 0.4) is 0 Å². The van der Waals surface area contributed by atoms with Crippen molar-refractivity contribution in [3.8, 4) is 5.75 Å². The van der Waals surface area contributed by atoms with Gasteiger partial charge in [-0.15, -0.1) is 0 Å². The Balaban J connectivity index is 1.94. The summed E-state index contributed by atoms with van der Waals surface area (Å²) in [6.07, 6.45) is -10.1. The molecule has 2 amide bonds. The number of anilines is 2. The molecule has 2 aromatic carbocycles. The minimum Gasteiger partial charge on any atom is -0.482 e. The second-order valence-electron chi connectivity index (χ2n) is 6.17. The molecule has 0 saturated carbocycles. The third-order valence-electron chi connectivity index (χ3n) is 4.15. The monoisotopic (exact) mass is 418 g/mol. The van der Waals surface area contributed by atoms with Crippen molar-refractivity contribution in [2.75, 3.05) is 23.9 Å². The van der Waals surface area contributed by atoms with Crippen LogP contribution in [0.5, 0.6) is 5.75 Å². The highest BCUT2D eigenvalue weighted by atomic mass is 19.4. The molecule has 0 aliphatic carbocycles. The van der Waals surface area contributed by atoms with E-state index >= 15 is 0 Å². The lowest BCUT2D eigenvalue weighted by molar-refractivity contribution is -0.143. The number of halogens is 6. The van der Waals surface area contributed by atoms with E-state index in [1.54, 1.807) is 0 Å². The number of rotatable bonds is 2. The molecule has 0 atom stereocenters. The van der Waals surface area contributed by atoms with Crippen molar-refractivity contribution >= 4 is 23.2 Å². The molecule has 1 N–H and O–H groups in total. The van der Waals surface area contributed by atoms with Crippen molar-refractivity contribution in [3.05, 3.63) is 53.1 Å². The molecular weight excluding hydrogens is 406 g/mol. The molecule has 0 fully saturated rings. The topological polar surface area (TPSA) is 58.6 Å². The number of ether oxygens (including phenoxy) is 1. The van der Waals surface area contributed by atoms with Crippen LogP contribution in [-0.4, -0.2) is 25.5 Å². The summed E-state index contributed by atoms with van der Waals surface area (Å²) in [7, 11) is 1.46. The number of carbonyl (C=O) groups excluding carboxylic acids is 2. The summed E-state index contributed by atoms with van der Waals surface area (Å²) in [4.78, 5) is 25.3. The molecule has 0 aromatic heterocycles. The molecule has 0 bridgehead atoms. The largest absolute Gasteiger partial charge is 0.482 e. The van der Waals surface area contributed by atoms with Crippen LogP contribution < -0.4 is 15.0 Å². The average molecular weight is 418 g/mol. The molecule has 0 radical (unpaired) electrons. The standard InChI is InChI=1S/C18H12F6N2O3/c1-26-13-7-12(2-3-14(13)29-8-15(26)27)25-16(28)9-4-10(17(19,20)21)6-11(5-9)18(22,23)24/h2-7H,8H2,1H3,(H,25,28). The Morgan fingerprint density at radius 3 is 2.14 bits per heavy atom. The van der Waals surface area contributed by atoms with Crippen LogP contribution in [-0.2, 0) is 17.1 Å². The van der Waals surface area contributed by atoms with Crippen molar-refractivity contribution in [3.63, 3.8) is 0 Å². The van der Waals surface area contributed by atoms with Crippen LogP contribution in [0.25, 0.3) is 0 Å². The van der Waals surface area contributed by atoms with E-state index in [0.717, 1.165) is 0 Å². The Morgan fingerprint density at radius 1 is 1.00 bits per heavy atom. The highest BCUT2D eigenvalue weighted by Crippen LogP contribution is 2.37. The summed E-state index contributed by atoms with van der Waals surface area (Å²) in [6.45, 7) is -0.181. The van der Waals surface area contributed by atoms with Crippen molar-refractivity contribution in [2.45, 2.75) is 12.4 Å². The molecule has 1 aliphatic rings. The van der Waals surface area contributed by atoms with E-state index in [4.69, 9.17) is 4.74 Å². The number of hydrogen-bond donors (Lipinski definition) is 1. The second kappa shape index (κ2) is 6.98. The van der Waals surface area contributed by atoms with Crippen molar-refractivity contribution < 1.29 is 40.7 Å². The van der Waals surface area contributed by atoms with Crippen molar-refractivity contribution in [1.29, 1.82) is 0 Å². The molecule has 1 aliphatic heterocycles. The molecule has 0 unspecified atom stereocenters. The van der Waals surface area contributed by atoms with Crippen LogP contribution in [0.4, 0.5) is 37.7 Å². The number of fused-ring (bicyclic) bond motifs is 1. The van der Waals surface area contributed by atoms with Crippen molar-refractivity contribution in [1.82, 2.24) is 0 Å². The summed E-state index contributed by atoms with van der Waals surface area (Å²) in [5.74, 6) is -1.20. The molecule has 2 aromatic rings. The predicted octanol–water partition coefficient (Wildman–Crippen LogP) is 4.33. The maximum Gasteiger partial charge on any atom is 0.416 e. The average Bonchev–Trinajstić information content (AvgIpc) is 2.63. The first-order chi connectivity index (χ1) is 13.4. The highest BCUT2D eigenvalue weighted by molar-refractivity contribution is 6.05. The van der Waals surface area contributed by atoms with Gasteiger partial charge in [-0.25, -0.2) is 0 Å². The van der Waals surface area contributed by atoms with Crippen molar-refractivity contribution in [2.24, 2.45) is 0 Å². The minimum atomic E-state index is -5.07. The summed E-state index contributed by atoms with van der Waals surface area (Å²) >= 11 is 0. The quantitative estimate of drug-likeness (QED) is 0.739. The van der Waals surface area contributed by atoms with E-state index in [0.29, 0.717) is 23.6 Å².